The maximum Gasteiger partial charge on any atom is 0.453 e. The summed E-state index contributed by atoms with van der Waals surface area (Å²) in [5.74, 6) is -3.90. The largest absolute Gasteiger partial charge is 0.453 e. The molecule has 0 bridgehead atoms. The molecule has 0 fully saturated rings. The van der Waals surface area contributed by atoms with Gasteiger partial charge in [0.05, 0.1) is 5.39 Å². The molecule has 39 heavy (non-hydrogen) atoms. The number of rotatable bonds is 5. The normalized spacial score (nSPS) is 11.8. The van der Waals surface area contributed by atoms with E-state index < -0.39 is 34.7 Å². The van der Waals surface area contributed by atoms with E-state index in [1.54, 1.807) is 54.6 Å². The summed E-state index contributed by atoms with van der Waals surface area (Å²) in [7, 11) is 0. The molecule has 6 nitrogen and oxygen atoms in total. The topological polar surface area (TPSA) is 89.5 Å². The Bertz CT molecular complexity index is 1850. The van der Waals surface area contributed by atoms with Crippen molar-refractivity contribution >= 4 is 33.8 Å². The Hall–Kier alpha value is -5.36. The molecule has 4 aromatic carbocycles. The van der Waals surface area contributed by atoms with Crippen molar-refractivity contribution in [3.63, 3.8) is 0 Å². The van der Waals surface area contributed by atoms with Gasteiger partial charge in [0.1, 0.15) is 28.7 Å². The highest BCUT2D eigenvalue weighted by atomic mass is 19.4. The minimum absolute atomic E-state index is 0.0191. The van der Waals surface area contributed by atoms with Crippen LogP contribution in [0.3, 0.4) is 0 Å². The van der Waals surface area contributed by atoms with E-state index >= 15 is 0 Å². The third-order valence-electron chi connectivity index (χ3n) is 5.68. The molecule has 0 aliphatic rings. The second kappa shape index (κ2) is 10.2. The van der Waals surface area contributed by atoms with Crippen molar-refractivity contribution in [3.05, 3.63) is 118 Å². The lowest BCUT2D eigenvalue weighted by Gasteiger charge is -2.14. The molecule has 0 atom stereocenters. The zero-order chi connectivity index (χ0) is 27.6. The quantitative estimate of drug-likeness (QED) is 0.103. The van der Waals surface area contributed by atoms with Crippen molar-refractivity contribution in [1.82, 2.24) is 0 Å². The van der Waals surface area contributed by atoms with Crippen LogP contribution in [-0.4, -0.2) is 5.97 Å². The SMILES string of the molecule is N#CC(=Cc1ccccc1)C(=O)Oc1ccc2c(=O)c(Oc3ccc4ccccc4c3)c(C(F)(F)F)oc2c1. The first-order valence-electron chi connectivity index (χ1n) is 11.5. The van der Waals surface area contributed by atoms with Crippen LogP contribution in [0.2, 0.25) is 0 Å². The summed E-state index contributed by atoms with van der Waals surface area (Å²) in [5, 5.41) is 10.7. The molecule has 0 aliphatic heterocycles. The number of benzene rings is 4. The summed E-state index contributed by atoms with van der Waals surface area (Å²) in [6.07, 6.45) is -3.76. The molecule has 9 heteroatoms. The van der Waals surface area contributed by atoms with Gasteiger partial charge in [-0.05, 0) is 46.7 Å². The number of fused-ring (bicyclic) bond motifs is 2. The van der Waals surface area contributed by atoms with E-state index in [1.165, 1.54) is 24.3 Å². The van der Waals surface area contributed by atoms with Crippen molar-refractivity contribution in [2.45, 2.75) is 6.18 Å². The molecule has 0 saturated carbocycles. The number of nitrogens with zero attached hydrogens (tertiary/aromatic N) is 1. The first kappa shape index (κ1) is 25.3. The molecular weight excluding hydrogens is 511 g/mol. The molecule has 0 unspecified atom stereocenters. The molecule has 0 amide bonds. The van der Waals surface area contributed by atoms with Gasteiger partial charge in [0.15, 0.2) is 0 Å². The first-order chi connectivity index (χ1) is 18.7. The van der Waals surface area contributed by atoms with Crippen LogP contribution in [0.25, 0.3) is 27.8 Å². The van der Waals surface area contributed by atoms with Gasteiger partial charge < -0.3 is 13.9 Å². The predicted octanol–water partition coefficient (Wildman–Crippen LogP) is 7.27. The predicted molar refractivity (Wildman–Crippen MR) is 137 cm³/mol. The van der Waals surface area contributed by atoms with E-state index in [-0.39, 0.29) is 22.5 Å². The van der Waals surface area contributed by atoms with Crippen LogP contribution in [-0.2, 0) is 11.0 Å². The Labute approximate surface area is 218 Å². The average molecular weight is 527 g/mol. The fraction of sp³-hybridized carbons (Fsp3) is 0.0333. The summed E-state index contributed by atoms with van der Waals surface area (Å²) >= 11 is 0. The van der Waals surface area contributed by atoms with Crippen molar-refractivity contribution in [1.29, 1.82) is 5.26 Å². The zero-order valence-corrected chi connectivity index (χ0v) is 19.9. The summed E-state index contributed by atoms with van der Waals surface area (Å²) in [4.78, 5) is 25.6. The summed E-state index contributed by atoms with van der Waals surface area (Å²) in [6.45, 7) is 0. The molecule has 1 heterocycles. The molecule has 0 spiro atoms. The summed E-state index contributed by atoms with van der Waals surface area (Å²) in [6, 6.07) is 25.4. The Morgan fingerprint density at radius 2 is 1.56 bits per heavy atom. The number of ether oxygens (including phenoxy) is 2. The second-order valence-electron chi connectivity index (χ2n) is 8.33. The second-order valence-corrected chi connectivity index (χ2v) is 8.33. The standard InChI is InChI=1S/C30H16F3NO5/c31-30(32,33)28-27(37-22-11-10-19-8-4-5-9-20(19)15-22)26(35)24-13-12-23(16-25(24)39-28)38-29(36)21(17-34)14-18-6-2-1-3-7-18/h1-16H. The van der Waals surface area contributed by atoms with Gasteiger partial charge in [-0.2, -0.15) is 18.4 Å². The van der Waals surface area contributed by atoms with Gasteiger partial charge in [0.25, 0.3) is 5.76 Å². The Morgan fingerprint density at radius 1 is 0.872 bits per heavy atom. The van der Waals surface area contributed by atoms with Crippen molar-refractivity contribution in [3.8, 4) is 23.3 Å². The van der Waals surface area contributed by atoms with Crippen LogP contribution < -0.4 is 14.9 Å². The van der Waals surface area contributed by atoms with Crippen LogP contribution in [0.1, 0.15) is 11.3 Å². The van der Waals surface area contributed by atoms with Gasteiger partial charge in [0, 0.05) is 6.07 Å². The lowest BCUT2D eigenvalue weighted by molar-refractivity contribution is -0.154. The zero-order valence-electron chi connectivity index (χ0n) is 19.9. The number of alkyl halides is 3. The lowest BCUT2D eigenvalue weighted by atomic mass is 10.1. The Morgan fingerprint density at radius 3 is 2.28 bits per heavy atom. The van der Waals surface area contributed by atoms with Gasteiger partial charge in [-0.25, -0.2) is 4.79 Å². The van der Waals surface area contributed by atoms with Gasteiger partial charge in [-0.15, -0.1) is 0 Å². The summed E-state index contributed by atoms with van der Waals surface area (Å²) in [5.41, 5.74) is -1.30. The van der Waals surface area contributed by atoms with Gasteiger partial charge in [-0.1, -0.05) is 60.7 Å². The monoisotopic (exact) mass is 527 g/mol. The minimum atomic E-state index is -5.07. The third-order valence-corrected chi connectivity index (χ3v) is 5.68. The fourth-order valence-corrected chi connectivity index (χ4v) is 3.86. The fourth-order valence-electron chi connectivity index (χ4n) is 3.86. The van der Waals surface area contributed by atoms with Gasteiger partial charge >= 0.3 is 12.1 Å². The van der Waals surface area contributed by atoms with Crippen molar-refractivity contribution < 1.29 is 31.9 Å². The average Bonchev–Trinajstić information content (AvgIpc) is 2.93. The maximum atomic E-state index is 13.9. The third kappa shape index (κ3) is 5.36. The smallest absolute Gasteiger partial charge is 0.449 e. The molecule has 0 radical (unpaired) electrons. The van der Waals surface area contributed by atoms with E-state index in [2.05, 4.69) is 0 Å². The van der Waals surface area contributed by atoms with Gasteiger partial charge in [-0.3, -0.25) is 4.79 Å². The lowest BCUT2D eigenvalue weighted by Crippen LogP contribution is -2.16. The van der Waals surface area contributed by atoms with E-state index in [0.29, 0.717) is 10.9 Å². The number of hydrogen-bond donors (Lipinski definition) is 0. The van der Waals surface area contributed by atoms with E-state index in [1.807, 2.05) is 12.1 Å². The maximum absolute atomic E-state index is 13.9. The molecule has 0 N–H and O–H groups in total. The van der Waals surface area contributed by atoms with Crippen LogP contribution >= 0.6 is 0 Å². The first-order valence-corrected chi connectivity index (χ1v) is 11.5. The van der Waals surface area contributed by atoms with Crippen molar-refractivity contribution in [2.24, 2.45) is 0 Å². The minimum Gasteiger partial charge on any atom is -0.449 e. The number of carbonyl (C=O) groups is 1. The number of esters is 1. The number of halogens is 3. The highest BCUT2D eigenvalue weighted by Crippen LogP contribution is 2.39. The highest BCUT2D eigenvalue weighted by Gasteiger charge is 2.40. The number of carbonyl (C=O) groups excluding carboxylic acids is 1. The Kier molecular flexibility index (Phi) is 6.61. The van der Waals surface area contributed by atoms with Crippen molar-refractivity contribution in [2.75, 3.05) is 0 Å². The van der Waals surface area contributed by atoms with Crippen LogP contribution in [0, 0.1) is 11.3 Å². The van der Waals surface area contributed by atoms with E-state index in [4.69, 9.17) is 13.9 Å². The molecule has 192 valence electrons. The molecule has 5 rings (SSSR count). The molecule has 5 aromatic rings. The highest BCUT2D eigenvalue weighted by molar-refractivity contribution is 5.99. The molecular formula is C30H16F3NO5. The van der Waals surface area contributed by atoms with Crippen LogP contribution in [0.4, 0.5) is 13.2 Å². The van der Waals surface area contributed by atoms with E-state index in [9.17, 15) is 28.0 Å². The molecule has 0 aliphatic carbocycles. The number of nitriles is 1. The molecule has 1 aromatic heterocycles. The Balaban J connectivity index is 1.51. The van der Waals surface area contributed by atoms with E-state index in [0.717, 1.165) is 17.5 Å². The molecule has 0 saturated heterocycles. The summed E-state index contributed by atoms with van der Waals surface area (Å²) < 4.78 is 57.5. The number of hydrogen-bond acceptors (Lipinski definition) is 6. The van der Waals surface area contributed by atoms with Crippen LogP contribution in [0.15, 0.2) is 106 Å². The van der Waals surface area contributed by atoms with Crippen LogP contribution in [0.5, 0.6) is 17.2 Å². The van der Waals surface area contributed by atoms with Gasteiger partial charge in [0.2, 0.25) is 11.2 Å².